The first-order valence-electron chi connectivity index (χ1n) is 13.5. The number of hydrogen-bond acceptors (Lipinski definition) is 0. The maximum absolute atomic E-state index is 4.16. The highest BCUT2D eigenvalue weighted by Crippen LogP contribution is 2.87. The fourth-order valence-corrected chi connectivity index (χ4v) is 7.61. The molecule has 0 amide bonds. The van der Waals surface area contributed by atoms with Crippen LogP contribution in [-0.2, 0) is 0 Å². The molecule has 1 aliphatic carbocycles. The Morgan fingerprint density at radius 2 is 1.38 bits per heavy atom. The Bertz CT molecular complexity index is 463. The largest absolute Gasteiger partial charge is 0.0999 e. The molecule has 0 nitrogen and oxygen atoms in total. The molecular formula is C29H56. The van der Waals surface area contributed by atoms with Crippen molar-refractivity contribution >= 4 is 0 Å². The van der Waals surface area contributed by atoms with Gasteiger partial charge in [-0.05, 0) is 67.1 Å². The normalized spacial score (nSPS) is 29.8. The van der Waals surface area contributed by atoms with Gasteiger partial charge in [0.1, 0.15) is 0 Å². The maximum atomic E-state index is 4.16. The van der Waals surface area contributed by atoms with E-state index in [1.807, 2.05) is 0 Å². The summed E-state index contributed by atoms with van der Waals surface area (Å²) in [5.74, 6) is 0.888. The van der Waals surface area contributed by atoms with Crippen LogP contribution in [0.4, 0.5) is 0 Å². The Morgan fingerprint density at radius 1 is 0.759 bits per heavy atom. The second-order valence-corrected chi connectivity index (χ2v) is 10.6. The van der Waals surface area contributed by atoms with E-state index in [2.05, 4.69) is 55.0 Å². The molecule has 1 saturated carbocycles. The molecular weight excluding hydrogens is 348 g/mol. The van der Waals surface area contributed by atoms with Crippen LogP contribution in [0.1, 0.15) is 151 Å². The minimum atomic E-state index is 0.565. The van der Waals surface area contributed by atoms with E-state index < -0.39 is 0 Å². The van der Waals surface area contributed by atoms with Crippen LogP contribution in [0.3, 0.4) is 0 Å². The summed E-state index contributed by atoms with van der Waals surface area (Å²) >= 11 is 0. The van der Waals surface area contributed by atoms with Gasteiger partial charge < -0.3 is 0 Å². The zero-order chi connectivity index (χ0) is 22.0. The SMILES string of the molecule is C=C(CC)CCCCCCCC1(CC)C(C)(CC)C1(CCCC)C(C)CCCC. The van der Waals surface area contributed by atoms with E-state index in [-0.39, 0.29) is 0 Å². The van der Waals surface area contributed by atoms with Gasteiger partial charge >= 0.3 is 0 Å². The summed E-state index contributed by atoms with van der Waals surface area (Å²) in [6.45, 7) is 21.5. The zero-order valence-corrected chi connectivity index (χ0v) is 21.6. The molecule has 0 saturated heterocycles. The van der Waals surface area contributed by atoms with Crippen LogP contribution in [-0.4, -0.2) is 0 Å². The van der Waals surface area contributed by atoms with Crippen molar-refractivity contribution in [2.24, 2.45) is 22.2 Å². The Balaban J connectivity index is 2.76. The van der Waals surface area contributed by atoms with E-state index in [1.54, 1.807) is 0 Å². The minimum absolute atomic E-state index is 0.565. The maximum Gasteiger partial charge on any atom is -0.0151 e. The Kier molecular flexibility index (Phi) is 11.6. The summed E-state index contributed by atoms with van der Waals surface area (Å²) < 4.78 is 0. The lowest BCUT2D eigenvalue weighted by Gasteiger charge is -2.32. The molecule has 1 rings (SSSR count). The fourth-order valence-electron chi connectivity index (χ4n) is 7.61. The van der Waals surface area contributed by atoms with Crippen molar-refractivity contribution < 1.29 is 0 Å². The van der Waals surface area contributed by atoms with E-state index in [0.717, 1.165) is 12.3 Å². The van der Waals surface area contributed by atoms with Gasteiger partial charge in [-0.15, -0.1) is 0 Å². The molecule has 0 aromatic rings. The van der Waals surface area contributed by atoms with Crippen molar-refractivity contribution in [2.75, 3.05) is 0 Å². The van der Waals surface area contributed by atoms with Crippen LogP contribution in [0.2, 0.25) is 0 Å². The molecule has 1 fully saturated rings. The topological polar surface area (TPSA) is 0 Å². The molecule has 0 aliphatic heterocycles. The molecule has 0 spiro atoms. The molecule has 0 bridgehead atoms. The lowest BCUT2D eigenvalue weighted by molar-refractivity contribution is 0.176. The second kappa shape index (κ2) is 12.6. The van der Waals surface area contributed by atoms with Gasteiger partial charge in [-0.25, -0.2) is 0 Å². The predicted octanol–water partition coefficient (Wildman–Crippen LogP) is 10.5. The van der Waals surface area contributed by atoms with Crippen LogP contribution in [0.25, 0.3) is 0 Å². The fraction of sp³-hybridized carbons (Fsp3) is 0.931. The average molecular weight is 405 g/mol. The summed E-state index contributed by atoms with van der Waals surface area (Å²) in [7, 11) is 0. The van der Waals surface area contributed by atoms with Crippen LogP contribution in [0.15, 0.2) is 12.2 Å². The molecule has 0 aromatic heterocycles. The van der Waals surface area contributed by atoms with Gasteiger partial charge in [-0.2, -0.15) is 0 Å². The summed E-state index contributed by atoms with van der Waals surface area (Å²) in [5, 5.41) is 0. The standard InChI is InChI=1S/C29H56/c1-9-14-22-26(7)29(24-15-10-2)27(8,12-4)28(29,13-5)23-20-18-16-17-19-21-25(6)11-3/h26H,6,9-24H2,1-5,7-8H3. The third-order valence-corrected chi connectivity index (χ3v) is 9.53. The predicted molar refractivity (Wildman–Crippen MR) is 134 cm³/mol. The van der Waals surface area contributed by atoms with Crippen molar-refractivity contribution in [1.29, 1.82) is 0 Å². The Hall–Kier alpha value is -0.260. The number of unbranched alkanes of at least 4 members (excludes halogenated alkanes) is 6. The molecule has 172 valence electrons. The van der Waals surface area contributed by atoms with Gasteiger partial charge in [0, 0.05) is 0 Å². The summed E-state index contributed by atoms with van der Waals surface area (Å²) in [6.07, 6.45) is 22.2. The first-order valence-corrected chi connectivity index (χ1v) is 13.5. The van der Waals surface area contributed by atoms with Crippen LogP contribution < -0.4 is 0 Å². The summed E-state index contributed by atoms with van der Waals surface area (Å²) in [5.41, 5.74) is 3.21. The van der Waals surface area contributed by atoms with Gasteiger partial charge in [-0.1, -0.05) is 118 Å². The molecule has 0 radical (unpaired) electrons. The van der Waals surface area contributed by atoms with E-state index in [9.17, 15) is 0 Å². The van der Waals surface area contributed by atoms with Gasteiger partial charge in [-0.3, -0.25) is 0 Å². The molecule has 0 aromatic carbocycles. The Labute approximate surface area is 185 Å². The quantitative estimate of drug-likeness (QED) is 0.157. The molecule has 1 aliphatic rings. The third kappa shape index (κ3) is 5.33. The average Bonchev–Trinajstić information content (AvgIpc) is 3.22. The van der Waals surface area contributed by atoms with Crippen molar-refractivity contribution in [2.45, 2.75) is 151 Å². The van der Waals surface area contributed by atoms with Gasteiger partial charge in [0.25, 0.3) is 0 Å². The summed E-state index contributed by atoms with van der Waals surface area (Å²) in [4.78, 5) is 0. The molecule has 29 heavy (non-hydrogen) atoms. The number of rotatable bonds is 18. The first kappa shape index (κ1) is 26.8. The summed E-state index contributed by atoms with van der Waals surface area (Å²) in [6, 6.07) is 0. The minimum Gasteiger partial charge on any atom is -0.0999 e. The monoisotopic (exact) mass is 404 g/mol. The number of hydrogen-bond donors (Lipinski definition) is 0. The lowest BCUT2D eigenvalue weighted by Crippen LogP contribution is -2.23. The van der Waals surface area contributed by atoms with Crippen molar-refractivity contribution in [1.82, 2.24) is 0 Å². The lowest BCUT2D eigenvalue weighted by atomic mass is 9.73. The second-order valence-electron chi connectivity index (χ2n) is 10.6. The van der Waals surface area contributed by atoms with Crippen LogP contribution >= 0.6 is 0 Å². The highest BCUT2D eigenvalue weighted by molar-refractivity contribution is 5.28. The smallest absolute Gasteiger partial charge is 0.0151 e. The van der Waals surface area contributed by atoms with Crippen LogP contribution in [0.5, 0.6) is 0 Å². The van der Waals surface area contributed by atoms with Crippen LogP contribution in [0, 0.1) is 22.2 Å². The molecule has 0 heterocycles. The van der Waals surface area contributed by atoms with Gasteiger partial charge in [0.2, 0.25) is 0 Å². The Morgan fingerprint density at radius 3 is 1.93 bits per heavy atom. The van der Waals surface area contributed by atoms with Crippen molar-refractivity contribution in [3.05, 3.63) is 12.2 Å². The van der Waals surface area contributed by atoms with Gasteiger partial charge in [0.15, 0.2) is 0 Å². The highest BCUT2D eigenvalue weighted by atomic mass is 14.8. The van der Waals surface area contributed by atoms with E-state index >= 15 is 0 Å². The van der Waals surface area contributed by atoms with E-state index in [4.69, 9.17) is 0 Å². The zero-order valence-electron chi connectivity index (χ0n) is 21.6. The molecule has 0 N–H and O–H groups in total. The van der Waals surface area contributed by atoms with Crippen molar-refractivity contribution in [3.8, 4) is 0 Å². The molecule has 4 atom stereocenters. The van der Waals surface area contributed by atoms with E-state index in [0.29, 0.717) is 16.2 Å². The third-order valence-electron chi connectivity index (χ3n) is 9.53. The van der Waals surface area contributed by atoms with Gasteiger partial charge in [0.05, 0.1) is 0 Å². The first-order chi connectivity index (χ1) is 13.9. The molecule has 0 heteroatoms. The molecule has 4 unspecified atom stereocenters. The highest BCUT2D eigenvalue weighted by Gasteiger charge is 2.81. The number of allylic oxidation sites excluding steroid dienone is 1. The van der Waals surface area contributed by atoms with E-state index in [1.165, 1.54) is 102 Å². The van der Waals surface area contributed by atoms with Crippen molar-refractivity contribution in [3.63, 3.8) is 0 Å².